The van der Waals surface area contributed by atoms with Gasteiger partial charge < -0.3 is 10.1 Å². The average molecular weight is 460 g/mol. The van der Waals surface area contributed by atoms with Crippen molar-refractivity contribution in [2.24, 2.45) is 0 Å². The molecule has 2 fully saturated rings. The SMILES string of the molecule is C[C@@H]1CN(S(=O)(=O)N2CCN(CC(=O)NC(=O)NCc3cccs3)CC2)C[C@@H](C)O1. The fourth-order valence-corrected chi connectivity index (χ4v) is 5.99. The number of hydrogen-bond donors (Lipinski definition) is 2. The maximum absolute atomic E-state index is 12.9. The summed E-state index contributed by atoms with van der Waals surface area (Å²) in [6, 6.07) is 3.26. The Kier molecular flexibility index (Phi) is 7.82. The van der Waals surface area contributed by atoms with Crippen LogP contribution in [0.15, 0.2) is 17.5 Å². The van der Waals surface area contributed by atoms with Crippen LogP contribution in [-0.2, 0) is 26.3 Å². The molecule has 2 atom stereocenters. The summed E-state index contributed by atoms with van der Waals surface area (Å²) in [7, 11) is -3.55. The van der Waals surface area contributed by atoms with Crippen molar-refractivity contribution < 1.29 is 22.7 Å². The van der Waals surface area contributed by atoms with Gasteiger partial charge in [-0.3, -0.25) is 15.0 Å². The van der Waals surface area contributed by atoms with Gasteiger partial charge in [-0.25, -0.2) is 4.79 Å². The lowest BCUT2D eigenvalue weighted by molar-refractivity contribution is -0.121. The fourth-order valence-electron chi connectivity index (χ4n) is 3.59. The Bertz CT molecular complexity index is 814. The van der Waals surface area contributed by atoms with Crippen LogP contribution in [0.3, 0.4) is 0 Å². The number of carbonyl (C=O) groups is 2. The largest absolute Gasteiger partial charge is 0.373 e. The molecule has 3 amide bonds. The van der Waals surface area contributed by atoms with Gasteiger partial charge in [0.25, 0.3) is 10.2 Å². The quantitative estimate of drug-likeness (QED) is 0.622. The molecule has 168 valence electrons. The van der Waals surface area contributed by atoms with Gasteiger partial charge in [-0.15, -0.1) is 11.3 Å². The molecule has 3 heterocycles. The molecule has 10 nitrogen and oxygen atoms in total. The highest BCUT2D eigenvalue weighted by Crippen LogP contribution is 2.18. The number of carbonyl (C=O) groups excluding carboxylic acids is 2. The molecule has 2 aliphatic heterocycles. The summed E-state index contributed by atoms with van der Waals surface area (Å²) in [5.41, 5.74) is 0. The molecular weight excluding hydrogens is 430 g/mol. The predicted molar refractivity (Wildman–Crippen MR) is 113 cm³/mol. The molecule has 12 heteroatoms. The number of nitrogens with one attached hydrogen (secondary N) is 2. The zero-order valence-electron chi connectivity index (χ0n) is 17.2. The Hall–Kier alpha value is -1.57. The van der Waals surface area contributed by atoms with Crippen molar-refractivity contribution in [1.29, 1.82) is 0 Å². The number of ether oxygens (including phenoxy) is 1. The van der Waals surface area contributed by atoms with E-state index in [1.54, 1.807) is 0 Å². The van der Waals surface area contributed by atoms with E-state index in [2.05, 4.69) is 10.6 Å². The molecule has 2 N–H and O–H groups in total. The van der Waals surface area contributed by atoms with E-state index in [1.165, 1.54) is 19.9 Å². The minimum atomic E-state index is -3.55. The molecule has 3 rings (SSSR count). The Morgan fingerprint density at radius 1 is 1.13 bits per heavy atom. The van der Waals surface area contributed by atoms with Crippen molar-refractivity contribution >= 4 is 33.5 Å². The standard InChI is InChI=1S/C18H29N5O5S2/c1-14-11-23(12-15(2)28-14)30(26,27)22-7-5-21(6-8-22)13-17(24)20-18(25)19-10-16-4-3-9-29-16/h3-4,9,14-15H,5-8,10-13H2,1-2H3,(H2,19,20,24,25)/t14-,15-/m1/s1. The molecule has 0 bridgehead atoms. The van der Waals surface area contributed by atoms with Crippen LogP contribution < -0.4 is 10.6 Å². The highest BCUT2D eigenvalue weighted by Gasteiger charge is 2.36. The Morgan fingerprint density at radius 3 is 2.40 bits per heavy atom. The highest BCUT2D eigenvalue weighted by molar-refractivity contribution is 7.86. The van der Waals surface area contributed by atoms with Crippen molar-refractivity contribution in [3.63, 3.8) is 0 Å². The maximum Gasteiger partial charge on any atom is 0.321 e. The maximum atomic E-state index is 12.9. The summed E-state index contributed by atoms with van der Waals surface area (Å²) in [4.78, 5) is 26.8. The summed E-state index contributed by atoms with van der Waals surface area (Å²) in [6.07, 6.45) is -0.279. The van der Waals surface area contributed by atoms with Gasteiger partial charge in [0.15, 0.2) is 0 Å². The lowest BCUT2D eigenvalue weighted by Gasteiger charge is -2.40. The van der Waals surface area contributed by atoms with Gasteiger partial charge in [-0.2, -0.15) is 17.0 Å². The van der Waals surface area contributed by atoms with Gasteiger partial charge in [-0.05, 0) is 25.3 Å². The lowest BCUT2D eigenvalue weighted by Crippen LogP contribution is -2.58. The normalized spacial score (nSPS) is 24.5. The van der Waals surface area contributed by atoms with Crippen LogP contribution in [0, 0.1) is 0 Å². The third-order valence-corrected chi connectivity index (χ3v) is 7.84. The van der Waals surface area contributed by atoms with Gasteiger partial charge in [0, 0.05) is 44.1 Å². The number of piperazine rings is 1. The number of imide groups is 1. The second-order valence-corrected chi connectivity index (χ2v) is 10.5. The Labute approximate surface area is 181 Å². The lowest BCUT2D eigenvalue weighted by atomic mass is 10.3. The summed E-state index contributed by atoms with van der Waals surface area (Å²) in [5.74, 6) is -0.411. The van der Waals surface area contributed by atoms with E-state index < -0.39 is 22.1 Å². The molecule has 0 aromatic carbocycles. The van der Waals surface area contributed by atoms with Crippen molar-refractivity contribution in [3.05, 3.63) is 22.4 Å². The number of hydrogen-bond acceptors (Lipinski definition) is 7. The van der Waals surface area contributed by atoms with E-state index >= 15 is 0 Å². The van der Waals surface area contributed by atoms with Crippen LogP contribution in [0.2, 0.25) is 0 Å². The van der Waals surface area contributed by atoms with Crippen molar-refractivity contribution in [2.45, 2.75) is 32.6 Å². The van der Waals surface area contributed by atoms with Crippen LogP contribution in [0.1, 0.15) is 18.7 Å². The first-order chi connectivity index (χ1) is 14.2. The molecule has 1 aromatic heterocycles. The summed E-state index contributed by atoms with van der Waals surface area (Å²) < 4.78 is 34.4. The number of morpholine rings is 1. The molecule has 2 saturated heterocycles. The van der Waals surface area contributed by atoms with E-state index in [4.69, 9.17) is 4.74 Å². The van der Waals surface area contributed by atoms with Gasteiger partial charge in [0.1, 0.15) is 0 Å². The van der Waals surface area contributed by atoms with E-state index in [0.717, 1.165) is 4.88 Å². The molecule has 30 heavy (non-hydrogen) atoms. The first-order valence-electron chi connectivity index (χ1n) is 9.97. The first kappa shape index (κ1) is 23.1. The predicted octanol–water partition coefficient (Wildman–Crippen LogP) is 0.0455. The van der Waals surface area contributed by atoms with Gasteiger partial charge in [-0.1, -0.05) is 6.07 Å². The average Bonchev–Trinajstić information content (AvgIpc) is 3.19. The first-order valence-corrected chi connectivity index (χ1v) is 12.2. The van der Waals surface area contributed by atoms with Crippen LogP contribution in [0.25, 0.3) is 0 Å². The van der Waals surface area contributed by atoms with Gasteiger partial charge in [0.2, 0.25) is 5.91 Å². The van der Waals surface area contributed by atoms with E-state index in [-0.39, 0.29) is 18.8 Å². The zero-order chi connectivity index (χ0) is 21.7. The number of thiophene rings is 1. The van der Waals surface area contributed by atoms with Crippen LogP contribution in [0.4, 0.5) is 4.79 Å². The van der Waals surface area contributed by atoms with Gasteiger partial charge >= 0.3 is 6.03 Å². The summed E-state index contributed by atoms with van der Waals surface area (Å²) in [6.45, 7) is 6.30. The number of amides is 3. The molecule has 0 saturated carbocycles. The van der Waals surface area contributed by atoms with Gasteiger partial charge in [0.05, 0.1) is 25.3 Å². The number of urea groups is 1. The molecular formula is C18H29N5O5S2. The van der Waals surface area contributed by atoms with Crippen LogP contribution in [0.5, 0.6) is 0 Å². The topological polar surface area (TPSA) is 111 Å². The summed E-state index contributed by atoms with van der Waals surface area (Å²) in [5, 5.41) is 6.87. The van der Waals surface area contributed by atoms with E-state index in [1.807, 2.05) is 36.3 Å². The molecule has 0 unspecified atom stereocenters. The Balaban J connectivity index is 1.41. The van der Waals surface area contributed by atoms with Crippen LogP contribution >= 0.6 is 11.3 Å². The molecule has 0 spiro atoms. The van der Waals surface area contributed by atoms with Crippen LogP contribution in [-0.4, -0.2) is 91.9 Å². The zero-order valence-corrected chi connectivity index (χ0v) is 18.9. The molecule has 1 aromatic rings. The third-order valence-electron chi connectivity index (χ3n) is 4.99. The monoisotopic (exact) mass is 459 g/mol. The van der Waals surface area contributed by atoms with E-state index in [9.17, 15) is 18.0 Å². The van der Waals surface area contributed by atoms with E-state index in [0.29, 0.717) is 45.8 Å². The second kappa shape index (κ2) is 10.2. The Morgan fingerprint density at radius 2 is 1.80 bits per heavy atom. The third kappa shape index (κ3) is 6.22. The highest BCUT2D eigenvalue weighted by atomic mass is 32.2. The molecule has 2 aliphatic rings. The smallest absolute Gasteiger partial charge is 0.321 e. The second-order valence-electron chi connectivity index (χ2n) is 7.57. The number of nitrogens with zero attached hydrogens (tertiary/aromatic N) is 3. The minimum Gasteiger partial charge on any atom is -0.373 e. The molecule has 0 aliphatic carbocycles. The molecule has 0 radical (unpaired) electrons. The number of rotatable bonds is 6. The summed E-state index contributed by atoms with van der Waals surface area (Å²) >= 11 is 1.52. The van der Waals surface area contributed by atoms with Crippen molar-refractivity contribution in [2.75, 3.05) is 45.8 Å². The van der Waals surface area contributed by atoms with Crippen molar-refractivity contribution in [3.8, 4) is 0 Å². The fraction of sp³-hybridized carbons (Fsp3) is 0.667. The minimum absolute atomic E-state index is 0.0476. The van der Waals surface area contributed by atoms with Crippen molar-refractivity contribution in [1.82, 2.24) is 24.1 Å².